The van der Waals surface area contributed by atoms with E-state index in [0.29, 0.717) is 29.2 Å². The molecule has 0 saturated carbocycles. The van der Waals surface area contributed by atoms with Crippen LogP contribution >= 0.6 is 0 Å². The van der Waals surface area contributed by atoms with Crippen LogP contribution in [0.4, 0.5) is 0 Å². The van der Waals surface area contributed by atoms with Crippen molar-refractivity contribution in [1.29, 1.82) is 0 Å². The minimum atomic E-state index is -0.161. The number of hydrogen-bond acceptors (Lipinski definition) is 6. The molecule has 0 aliphatic rings. The average molecular weight is 277 g/mol. The molecule has 4 N–H and O–H groups in total. The summed E-state index contributed by atoms with van der Waals surface area (Å²) in [7, 11) is 0. The number of aliphatic hydroxyl groups excluding tert-OH is 1. The monoisotopic (exact) mass is 277 g/mol. The number of aromatic nitrogens is 4. The van der Waals surface area contributed by atoms with Crippen molar-refractivity contribution in [3.05, 3.63) is 34.7 Å². The van der Waals surface area contributed by atoms with Crippen molar-refractivity contribution in [2.24, 2.45) is 0 Å². The Morgan fingerprint density at radius 1 is 1.40 bits per heavy atom. The molecule has 0 spiro atoms. The summed E-state index contributed by atoms with van der Waals surface area (Å²) in [5.74, 6) is 1.54. The number of nitrogens with zero attached hydrogens (tertiary/aromatic N) is 3. The molecule has 0 aromatic carbocycles. The third kappa shape index (κ3) is 2.94. The molecule has 0 aliphatic carbocycles. The van der Waals surface area contributed by atoms with E-state index in [9.17, 15) is 10.2 Å². The van der Waals surface area contributed by atoms with Crippen LogP contribution in [-0.2, 0) is 13.2 Å². The number of pyridine rings is 1. The first-order valence-corrected chi connectivity index (χ1v) is 6.42. The van der Waals surface area contributed by atoms with E-state index in [0.717, 1.165) is 5.82 Å². The van der Waals surface area contributed by atoms with Crippen molar-refractivity contribution in [2.45, 2.75) is 40.0 Å². The molecule has 0 saturated heterocycles. The molecule has 7 heteroatoms. The summed E-state index contributed by atoms with van der Waals surface area (Å²) in [6, 6.07) is -0.0700. The zero-order chi connectivity index (χ0) is 14.7. The molecule has 0 fully saturated rings. The lowest BCUT2D eigenvalue weighted by Crippen LogP contribution is -2.20. The highest BCUT2D eigenvalue weighted by molar-refractivity contribution is 5.40. The van der Waals surface area contributed by atoms with Crippen molar-refractivity contribution in [3.8, 4) is 5.75 Å². The zero-order valence-electron chi connectivity index (χ0n) is 11.8. The van der Waals surface area contributed by atoms with E-state index in [-0.39, 0.29) is 18.4 Å². The molecular weight excluding hydrogens is 258 g/mol. The van der Waals surface area contributed by atoms with E-state index in [1.807, 2.05) is 13.8 Å². The maximum absolute atomic E-state index is 10.0. The maximum atomic E-state index is 10.0. The molecule has 1 atom stereocenters. The summed E-state index contributed by atoms with van der Waals surface area (Å²) in [5.41, 5.74) is 1.80. The van der Waals surface area contributed by atoms with Gasteiger partial charge in [-0.05, 0) is 20.8 Å². The molecule has 0 aliphatic heterocycles. The van der Waals surface area contributed by atoms with Gasteiger partial charge in [-0.3, -0.25) is 10.1 Å². The predicted octanol–water partition coefficient (Wildman–Crippen LogP) is 0.865. The Kier molecular flexibility index (Phi) is 4.31. The van der Waals surface area contributed by atoms with Gasteiger partial charge in [0.2, 0.25) is 0 Å². The minimum absolute atomic E-state index is 0.0700. The first-order chi connectivity index (χ1) is 9.52. The van der Waals surface area contributed by atoms with Gasteiger partial charge in [-0.1, -0.05) is 0 Å². The molecule has 0 radical (unpaired) electrons. The molecular formula is C13H19N5O2. The van der Waals surface area contributed by atoms with Gasteiger partial charge >= 0.3 is 0 Å². The van der Waals surface area contributed by atoms with Gasteiger partial charge in [0.1, 0.15) is 11.6 Å². The van der Waals surface area contributed by atoms with Gasteiger partial charge in [-0.15, -0.1) is 0 Å². The molecule has 2 rings (SSSR count). The van der Waals surface area contributed by atoms with E-state index in [1.165, 1.54) is 0 Å². The van der Waals surface area contributed by atoms with Crippen LogP contribution in [0, 0.1) is 13.8 Å². The number of rotatable bonds is 5. The smallest absolute Gasteiger partial charge is 0.167 e. The van der Waals surface area contributed by atoms with Crippen LogP contribution < -0.4 is 5.32 Å². The summed E-state index contributed by atoms with van der Waals surface area (Å²) in [4.78, 5) is 8.28. The second-order valence-corrected chi connectivity index (χ2v) is 4.74. The molecule has 108 valence electrons. The van der Waals surface area contributed by atoms with Crippen LogP contribution in [-0.4, -0.2) is 30.4 Å². The van der Waals surface area contributed by atoms with Crippen molar-refractivity contribution in [1.82, 2.24) is 25.5 Å². The summed E-state index contributed by atoms with van der Waals surface area (Å²) < 4.78 is 0. The van der Waals surface area contributed by atoms with Crippen LogP contribution in [0.15, 0.2) is 6.20 Å². The Bertz CT molecular complexity index is 596. The summed E-state index contributed by atoms with van der Waals surface area (Å²) in [6.45, 7) is 5.74. The number of H-pyrrole nitrogens is 1. The van der Waals surface area contributed by atoms with Crippen LogP contribution in [0.3, 0.4) is 0 Å². The molecule has 2 aromatic rings. The minimum Gasteiger partial charge on any atom is -0.506 e. The fraction of sp³-hybridized carbons (Fsp3) is 0.462. The number of aromatic hydroxyl groups is 1. The van der Waals surface area contributed by atoms with E-state index >= 15 is 0 Å². The Morgan fingerprint density at radius 3 is 2.75 bits per heavy atom. The predicted molar refractivity (Wildman–Crippen MR) is 72.9 cm³/mol. The number of hydrogen-bond donors (Lipinski definition) is 4. The summed E-state index contributed by atoms with van der Waals surface area (Å²) >= 11 is 0. The number of aliphatic hydroxyl groups is 1. The van der Waals surface area contributed by atoms with Crippen LogP contribution in [0.2, 0.25) is 0 Å². The van der Waals surface area contributed by atoms with Gasteiger partial charge in [0, 0.05) is 23.9 Å². The van der Waals surface area contributed by atoms with Crippen molar-refractivity contribution in [2.75, 3.05) is 0 Å². The van der Waals surface area contributed by atoms with E-state index in [1.54, 1.807) is 13.1 Å². The third-order valence-electron chi connectivity index (χ3n) is 3.19. The largest absolute Gasteiger partial charge is 0.506 e. The summed E-state index contributed by atoms with van der Waals surface area (Å²) in [5, 5.41) is 29.5. The fourth-order valence-corrected chi connectivity index (χ4v) is 1.92. The van der Waals surface area contributed by atoms with Gasteiger partial charge in [0.05, 0.1) is 18.3 Å². The first kappa shape index (κ1) is 14.4. The molecule has 1 unspecified atom stereocenters. The van der Waals surface area contributed by atoms with Crippen molar-refractivity contribution in [3.63, 3.8) is 0 Å². The van der Waals surface area contributed by atoms with Gasteiger partial charge < -0.3 is 15.5 Å². The number of aromatic amines is 1. The van der Waals surface area contributed by atoms with Gasteiger partial charge in [0.15, 0.2) is 5.82 Å². The molecule has 2 heterocycles. The fourth-order valence-electron chi connectivity index (χ4n) is 1.92. The summed E-state index contributed by atoms with van der Waals surface area (Å²) in [6.07, 6.45) is 1.58. The lowest BCUT2D eigenvalue weighted by Gasteiger charge is -2.15. The normalized spacial score (nSPS) is 12.6. The quantitative estimate of drug-likeness (QED) is 0.646. The van der Waals surface area contributed by atoms with E-state index in [2.05, 4.69) is 25.5 Å². The molecule has 20 heavy (non-hydrogen) atoms. The van der Waals surface area contributed by atoms with Gasteiger partial charge in [-0.2, -0.15) is 5.10 Å². The Hall–Kier alpha value is -1.99. The number of nitrogens with one attached hydrogen (secondary N) is 2. The molecule has 2 aromatic heterocycles. The zero-order valence-corrected chi connectivity index (χ0v) is 11.8. The lowest BCUT2D eigenvalue weighted by atomic mass is 10.1. The van der Waals surface area contributed by atoms with Gasteiger partial charge in [0.25, 0.3) is 0 Å². The average Bonchev–Trinajstić information content (AvgIpc) is 2.86. The highest BCUT2D eigenvalue weighted by atomic mass is 16.3. The van der Waals surface area contributed by atoms with Crippen molar-refractivity contribution >= 4 is 0 Å². The van der Waals surface area contributed by atoms with Gasteiger partial charge in [-0.25, -0.2) is 4.98 Å². The first-order valence-electron chi connectivity index (χ1n) is 6.42. The standard InChI is InChI=1S/C13H19N5O2/c1-7-12(20)11(10(6-19)4-14-7)5-15-8(2)13-16-9(3)17-18-13/h4,8,15,19-20H,5-6H2,1-3H3,(H,16,17,18). The second kappa shape index (κ2) is 5.98. The maximum Gasteiger partial charge on any atom is 0.167 e. The van der Waals surface area contributed by atoms with E-state index in [4.69, 9.17) is 0 Å². The second-order valence-electron chi connectivity index (χ2n) is 4.74. The van der Waals surface area contributed by atoms with Crippen molar-refractivity contribution < 1.29 is 10.2 Å². The highest BCUT2D eigenvalue weighted by Gasteiger charge is 2.14. The van der Waals surface area contributed by atoms with Crippen LogP contribution in [0.5, 0.6) is 5.75 Å². The van der Waals surface area contributed by atoms with Crippen LogP contribution in [0.1, 0.15) is 41.4 Å². The Morgan fingerprint density at radius 2 is 2.15 bits per heavy atom. The molecule has 0 bridgehead atoms. The Labute approximate surface area is 117 Å². The molecule has 0 amide bonds. The number of aryl methyl sites for hydroxylation is 2. The topological polar surface area (TPSA) is 107 Å². The Balaban J connectivity index is 2.12. The molecule has 7 nitrogen and oxygen atoms in total. The van der Waals surface area contributed by atoms with Crippen LogP contribution in [0.25, 0.3) is 0 Å². The lowest BCUT2D eigenvalue weighted by molar-refractivity contribution is 0.278. The third-order valence-corrected chi connectivity index (χ3v) is 3.19. The SMILES string of the molecule is Cc1nc(C(C)NCc2c(CO)cnc(C)c2O)n[nH]1. The highest BCUT2D eigenvalue weighted by Crippen LogP contribution is 2.24. The van der Waals surface area contributed by atoms with E-state index < -0.39 is 0 Å².